The molecule has 3 rings (SSSR count). The molecule has 2 heterocycles. The number of halogens is 4. The van der Waals surface area contributed by atoms with Crippen LogP contribution in [0.25, 0.3) is 5.65 Å². The summed E-state index contributed by atoms with van der Waals surface area (Å²) in [5.74, 6) is -3.99. The fraction of sp³-hybridized carbons (Fsp3) is 0.200. The first-order valence-corrected chi connectivity index (χ1v) is 8.68. The summed E-state index contributed by atoms with van der Waals surface area (Å²) >= 11 is 0. The van der Waals surface area contributed by atoms with Crippen LogP contribution >= 0.6 is 0 Å². The van der Waals surface area contributed by atoms with Crippen LogP contribution < -0.4 is 5.56 Å². The van der Waals surface area contributed by atoms with Gasteiger partial charge in [0.25, 0.3) is 0 Å². The molecule has 0 unspecified atom stereocenters. The Morgan fingerprint density at radius 3 is 2.30 bits per heavy atom. The second kappa shape index (κ2) is 8.05. The number of nitrogens with zero attached hydrogens (tertiary/aromatic N) is 2. The number of aryl methyl sites for hydroxylation is 1. The van der Waals surface area contributed by atoms with Gasteiger partial charge in [-0.15, -0.1) is 0 Å². The van der Waals surface area contributed by atoms with E-state index in [1.807, 2.05) is 0 Å². The summed E-state index contributed by atoms with van der Waals surface area (Å²) in [4.78, 5) is 39.8. The van der Waals surface area contributed by atoms with Gasteiger partial charge in [0, 0.05) is 19.0 Å². The zero-order valence-electron chi connectivity index (χ0n) is 15.2. The topological polar surface area (TPSA) is 88.7 Å². The van der Waals surface area contributed by atoms with E-state index in [1.165, 1.54) is 36.4 Å². The Morgan fingerprint density at radius 1 is 1.03 bits per heavy atom. The smallest absolute Gasteiger partial charge is 0.450 e. The number of Topliss-reactive ketones (excluding diaryl/α,β-unsaturated/α-hetero) is 2. The highest BCUT2D eigenvalue weighted by Gasteiger charge is 2.37. The monoisotopic (exact) mass is 422 g/mol. The Balaban J connectivity index is 1.86. The molecule has 0 bridgehead atoms. The predicted octanol–water partition coefficient (Wildman–Crippen LogP) is 3.03. The van der Waals surface area contributed by atoms with Crippen LogP contribution in [-0.4, -0.2) is 32.2 Å². The van der Waals surface area contributed by atoms with E-state index in [4.69, 9.17) is 0 Å². The van der Waals surface area contributed by atoms with Crippen molar-refractivity contribution in [1.82, 2.24) is 9.38 Å². The Kier molecular flexibility index (Phi) is 5.68. The lowest BCUT2D eigenvalue weighted by Gasteiger charge is -2.09. The Labute approximate surface area is 166 Å². The molecule has 0 fully saturated rings. The van der Waals surface area contributed by atoms with Crippen molar-refractivity contribution in [3.05, 3.63) is 75.6 Å². The van der Waals surface area contributed by atoms with Gasteiger partial charge in [-0.1, -0.05) is 18.2 Å². The summed E-state index contributed by atoms with van der Waals surface area (Å²) in [5.41, 5.74) is -1.04. The van der Waals surface area contributed by atoms with Crippen LogP contribution in [-0.2, 0) is 17.6 Å². The quantitative estimate of drug-likeness (QED) is 0.487. The van der Waals surface area contributed by atoms with E-state index in [0.717, 1.165) is 10.6 Å². The van der Waals surface area contributed by atoms with Crippen molar-refractivity contribution in [3.8, 4) is 5.75 Å². The molecule has 0 aliphatic heterocycles. The summed E-state index contributed by atoms with van der Waals surface area (Å²) in [6.07, 6.45) is -4.93. The lowest BCUT2D eigenvalue weighted by atomic mass is 10.1. The first kappa shape index (κ1) is 21.2. The van der Waals surface area contributed by atoms with Crippen molar-refractivity contribution in [2.24, 2.45) is 0 Å². The molecule has 3 aromatic rings. The minimum Gasteiger partial charge on any atom is -0.501 e. The number of pyridine rings is 1. The Bertz CT molecular complexity index is 1180. The largest absolute Gasteiger partial charge is 0.501 e. The average Bonchev–Trinajstić information content (AvgIpc) is 2.69. The maximum Gasteiger partial charge on any atom is 0.450 e. The highest BCUT2D eigenvalue weighted by molar-refractivity contribution is 5.97. The number of alkyl halides is 3. The molecule has 0 aliphatic rings. The van der Waals surface area contributed by atoms with Crippen LogP contribution in [0.15, 0.2) is 47.4 Å². The molecule has 156 valence electrons. The van der Waals surface area contributed by atoms with Crippen molar-refractivity contribution in [2.75, 3.05) is 0 Å². The molecule has 0 spiro atoms. The SMILES string of the molecule is O=C(CCc1ccc(F)cc1)c1nc2ccc(CC(=O)C(F)(F)F)cn2c(=O)c1O. The van der Waals surface area contributed by atoms with Crippen LogP contribution in [0, 0.1) is 5.82 Å². The second-order valence-corrected chi connectivity index (χ2v) is 6.53. The molecule has 0 saturated heterocycles. The van der Waals surface area contributed by atoms with Crippen LogP contribution in [0.5, 0.6) is 5.75 Å². The van der Waals surface area contributed by atoms with Gasteiger partial charge in [-0.3, -0.25) is 18.8 Å². The maximum absolute atomic E-state index is 12.9. The molecule has 0 aliphatic carbocycles. The van der Waals surface area contributed by atoms with Gasteiger partial charge in [-0.2, -0.15) is 13.2 Å². The second-order valence-electron chi connectivity index (χ2n) is 6.53. The highest BCUT2D eigenvalue weighted by atomic mass is 19.4. The summed E-state index contributed by atoms with van der Waals surface area (Å²) < 4.78 is 51.0. The van der Waals surface area contributed by atoms with Gasteiger partial charge in [-0.05, 0) is 35.7 Å². The standard InChI is InChI=1S/C20H14F4N2O4/c21-13-5-1-11(2-6-13)3-7-14(27)17-18(29)19(30)26-10-12(4-8-16(26)25-17)9-15(28)20(22,23)24/h1-2,4-6,8,10,29H,3,7,9H2. The maximum atomic E-state index is 12.9. The number of benzene rings is 1. The number of carbonyl (C=O) groups is 2. The number of hydrogen-bond acceptors (Lipinski definition) is 5. The third kappa shape index (κ3) is 4.53. The van der Waals surface area contributed by atoms with E-state index in [0.29, 0.717) is 5.56 Å². The van der Waals surface area contributed by atoms with Crippen molar-refractivity contribution < 1.29 is 32.3 Å². The van der Waals surface area contributed by atoms with Crippen molar-refractivity contribution in [1.29, 1.82) is 0 Å². The number of hydrogen-bond donors (Lipinski definition) is 1. The van der Waals surface area contributed by atoms with Crippen LogP contribution in [0.4, 0.5) is 17.6 Å². The number of carbonyl (C=O) groups excluding carboxylic acids is 2. The molecule has 0 amide bonds. The summed E-state index contributed by atoms with van der Waals surface area (Å²) in [5, 5.41) is 10.1. The van der Waals surface area contributed by atoms with Crippen molar-refractivity contribution in [3.63, 3.8) is 0 Å². The van der Waals surface area contributed by atoms with Crippen molar-refractivity contribution >= 4 is 17.2 Å². The molecule has 1 aromatic carbocycles. The van der Waals surface area contributed by atoms with E-state index >= 15 is 0 Å². The molecular formula is C20H14F4N2O4. The molecule has 30 heavy (non-hydrogen) atoms. The third-order valence-electron chi connectivity index (χ3n) is 4.36. The lowest BCUT2D eigenvalue weighted by molar-refractivity contribution is -0.170. The van der Waals surface area contributed by atoms with Gasteiger partial charge in [0.2, 0.25) is 11.5 Å². The van der Waals surface area contributed by atoms with Crippen LogP contribution in [0.2, 0.25) is 0 Å². The van der Waals surface area contributed by atoms with Gasteiger partial charge >= 0.3 is 11.7 Å². The molecule has 0 radical (unpaired) electrons. The van der Waals surface area contributed by atoms with E-state index < -0.39 is 47.0 Å². The minimum absolute atomic E-state index is 0.0776. The van der Waals surface area contributed by atoms with Gasteiger partial charge in [0.1, 0.15) is 11.5 Å². The fourth-order valence-corrected chi connectivity index (χ4v) is 2.79. The van der Waals surface area contributed by atoms with E-state index in [1.54, 1.807) is 0 Å². The van der Waals surface area contributed by atoms with Crippen LogP contribution in [0.1, 0.15) is 28.0 Å². The molecule has 2 aromatic heterocycles. The normalized spacial score (nSPS) is 11.6. The third-order valence-corrected chi connectivity index (χ3v) is 4.36. The molecular weight excluding hydrogens is 408 g/mol. The Morgan fingerprint density at radius 2 is 1.67 bits per heavy atom. The molecule has 10 heteroatoms. The number of rotatable bonds is 6. The molecule has 1 N–H and O–H groups in total. The number of fused-ring (bicyclic) bond motifs is 1. The number of aromatic hydroxyl groups is 1. The fourth-order valence-electron chi connectivity index (χ4n) is 2.79. The summed E-state index contributed by atoms with van der Waals surface area (Å²) in [7, 11) is 0. The van der Waals surface area contributed by atoms with Gasteiger partial charge in [0.15, 0.2) is 11.5 Å². The Hall–Kier alpha value is -3.56. The van der Waals surface area contributed by atoms with Gasteiger partial charge in [0.05, 0.1) is 0 Å². The zero-order valence-corrected chi connectivity index (χ0v) is 15.2. The first-order chi connectivity index (χ1) is 14.1. The van der Waals surface area contributed by atoms with Gasteiger partial charge < -0.3 is 5.11 Å². The first-order valence-electron chi connectivity index (χ1n) is 8.68. The van der Waals surface area contributed by atoms with Gasteiger partial charge in [-0.25, -0.2) is 9.37 Å². The summed E-state index contributed by atoms with van der Waals surface area (Å²) in [6, 6.07) is 7.81. The van der Waals surface area contributed by atoms with E-state index in [2.05, 4.69) is 4.98 Å². The number of ketones is 2. The van der Waals surface area contributed by atoms with Crippen LogP contribution in [0.3, 0.4) is 0 Å². The number of aromatic nitrogens is 2. The lowest BCUT2D eigenvalue weighted by Crippen LogP contribution is -2.25. The van der Waals surface area contributed by atoms with E-state index in [-0.39, 0.29) is 24.1 Å². The van der Waals surface area contributed by atoms with E-state index in [9.17, 15) is 37.1 Å². The highest BCUT2D eigenvalue weighted by Crippen LogP contribution is 2.20. The summed E-state index contributed by atoms with van der Waals surface area (Å²) in [6.45, 7) is 0. The zero-order chi connectivity index (χ0) is 22.1. The molecule has 6 nitrogen and oxygen atoms in total. The molecule has 0 saturated carbocycles. The average molecular weight is 422 g/mol. The molecule has 0 atom stereocenters. The van der Waals surface area contributed by atoms with Crippen molar-refractivity contribution in [2.45, 2.75) is 25.4 Å². The minimum atomic E-state index is -5.01. The predicted molar refractivity (Wildman–Crippen MR) is 96.9 cm³/mol.